The average molecular weight is 222 g/mol. The number of phenolic OH excluding ortho intramolecular Hbond substituents is 1. The highest BCUT2D eigenvalue weighted by atomic mass is 19.1. The van der Waals surface area contributed by atoms with Crippen LogP contribution >= 0.6 is 0 Å². The number of nitrogens with zero attached hydrogens (tertiary/aromatic N) is 1. The molecule has 5 heteroatoms. The third-order valence-electron chi connectivity index (χ3n) is 2.07. The number of phenols is 1. The van der Waals surface area contributed by atoms with E-state index in [1.54, 1.807) is 6.92 Å². The number of amides is 1. The molecule has 0 spiro atoms. The molecule has 0 heterocycles. The van der Waals surface area contributed by atoms with Crippen LogP contribution in [-0.2, 0) is 0 Å². The summed E-state index contributed by atoms with van der Waals surface area (Å²) in [4.78, 5) is 11.6. The smallest absolute Gasteiger partial charge is 0.256 e. The molecular weight excluding hydrogens is 211 g/mol. The van der Waals surface area contributed by atoms with E-state index >= 15 is 0 Å². The Morgan fingerprint density at radius 3 is 2.88 bits per heavy atom. The van der Waals surface area contributed by atoms with E-state index in [9.17, 15) is 14.3 Å². The van der Waals surface area contributed by atoms with E-state index < -0.39 is 23.5 Å². The van der Waals surface area contributed by atoms with E-state index in [2.05, 4.69) is 5.32 Å². The summed E-state index contributed by atoms with van der Waals surface area (Å²) in [5, 5.41) is 20.4. The van der Waals surface area contributed by atoms with Crippen LogP contribution in [0.25, 0.3) is 0 Å². The zero-order valence-electron chi connectivity index (χ0n) is 8.70. The molecule has 0 aliphatic heterocycles. The maximum Gasteiger partial charge on any atom is 0.256 e. The molecule has 84 valence electrons. The first-order valence-corrected chi connectivity index (χ1v) is 4.77. The minimum absolute atomic E-state index is 0.0462. The van der Waals surface area contributed by atoms with Gasteiger partial charge in [-0.15, -0.1) is 0 Å². The molecule has 1 amide bonds. The third kappa shape index (κ3) is 2.70. The van der Waals surface area contributed by atoms with Gasteiger partial charge in [-0.3, -0.25) is 4.79 Å². The number of rotatable bonds is 3. The monoisotopic (exact) mass is 222 g/mol. The molecule has 0 bridgehead atoms. The zero-order chi connectivity index (χ0) is 12.1. The fourth-order valence-electron chi connectivity index (χ4n) is 1.16. The van der Waals surface area contributed by atoms with Gasteiger partial charge in [-0.25, -0.2) is 4.39 Å². The normalized spacial score (nSPS) is 11.6. The van der Waals surface area contributed by atoms with Gasteiger partial charge in [0.2, 0.25) is 0 Å². The fourth-order valence-corrected chi connectivity index (χ4v) is 1.16. The standard InChI is InChI=1S/C11H11FN2O2/c1-2-8(6-13)14-11(16)9-4-3-7(12)5-10(9)15/h3-5,8,15H,2H2,1H3,(H,14,16). The molecule has 0 saturated carbocycles. The van der Waals surface area contributed by atoms with Crippen molar-refractivity contribution >= 4 is 5.91 Å². The van der Waals surface area contributed by atoms with E-state index in [0.717, 1.165) is 12.1 Å². The zero-order valence-corrected chi connectivity index (χ0v) is 8.70. The number of carbonyl (C=O) groups is 1. The van der Waals surface area contributed by atoms with Gasteiger partial charge in [0.1, 0.15) is 17.6 Å². The second-order valence-electron chi connectivity index (χ2n) is 3.22. The summed E-state index contributed by atoms with van der Waals surface area (Å²) < 4.78 is 12.7. The molecule has 0 aromatic heterocycles. The molecule has 0 radical (unpaired) electrons. The van der Waals surface area contributed by atoms with Gasteiger partial charge in [0.25, 0.3) is 5.91 Å². The van der Waals surface area contributed by atoms with Crippen molar-refractivity contribution in [2.75, 3.05) is 0 Å². The molecule has 0 aliphatic rings. The third-order valence-corrected chi connectivity index (χ3v) is 2.07. The number of benzene rings is 1. The first-order valence-electron chi connectivity index (χ1n) is 4.77. The highest BCUT2D eigenvalue weighted by molar-refractivity contribution is 5.97. The van der Waals surface area contributed by atoms with E-state index in [0.29, 0.717) is 6.42 Å². The van der Waals surface area contributed by atoms with Crippen molar-refractivity contribution < 1.29 is 14.3 Å². The van der Waals surface area contributed by atoms with Crippen molar-refractivity contribution in [3.63, 3.8) is 0 Å². The Kier molecular flexibility index (Phi) is 3.84. The predicted octanol–water partition coefficient (Wildman–Crippen LogP) is 1.56. The minimum Gasteiger partial charge on any atom is -0.507 e. The molecule has 4 nitrogen and oxygen atoms in total. The lowest BCUT2D eigenvalue weighted by Crippen LogP contribution is -2.33. The van der Waals surface area contributed by atoms with Crippen LogP contribution in [0.2, 0.25) is 0 Å². The van der Waals surface area contributed by atoms with Crippen LogP contribution in [0.3, 0.4) is 0 Å². The summed E-state index contributed by atoms with van der Waals surface area (Å²) in [5.41, 5.74) is -0.0462. The van der Waals surface area contributed by atoms with Crippen molar-refractivity contribution in [3.05, 3.63) is 29.6 Å². The van der Waals surface area contributed by atoms with Crippen molar-refractivity contribution in [2.24, 2.45) is 0 Å². The summed E-state index contributed by atoms with van der Waals surface area (Å²) in [5.74, 6) is -1.66. The molecular formula is C11H11FN2O2. The molecule has 1 atom stereocenters. The average Bonchev–Trinajstić information content (AvgIpc) is 2.25. The van der Waals surface area contributed by atoms with Gasteiger partial charge < -0.3 is 10.4 Å². The van der Waals surface area contributed by atoms with Gasteiger partial charge in [-0.1, -0.05) is 6.92 Å². The lowest BCUT2D eigenvalue weighted by molar-refractivity contribution is 0.0942. The van der Waals surface area contributed by atoms with E-state index in [1.165, 1.54) is 6.07 Å². The van der Waals surface area contributed by atoms with Crippen LogP contribution in [0.1, 0.15) is 23.7 Å². The van der Waals surface area contributed by atoms with E-state index in [1.807, 2.05) is 6.07 Å². The Morgan fingerprint density at radius 1 is 1.69 bits per heavy atom. The predicted molar refractivity (Wildman–Crippen MR) is 55.2 cm³/mol. The number of nitrogens with one attached hydrogen (secondary N) is 1. The van der Waals surface area contributed by atoms with Crippen LogP contribution < -0.4 is 5.32 Å². The van der Waals surface area contributed by atoms with Crippen molar-refractivity contribution in [1.82, 2.24) is 5.32 Å². The Morgan fingerprint density at radius 2 is 2.38 bits per heavy atom. The number of hydrogen-bond donors (Lipinski definition) is 2. The summed E-state index contributed by atoms with van der Waals surface area (Å²) in [6.45, 7) is 1.75. The van der Waals surface area contributed by atoms with Crippen LogP contribution in [0.4, 0.5) is 4.39 Å². The van der Waals surface area contributed by atoms with E-state index in [-0.39, 0.29) is 5.56 Å². The first kappa shape index (κ1) is 12.0. The summed E-state index contributed by atoms with van der Waals surface area (Å²) in [6, 6.07) is 4.37. The first-order chi connectivity index (χ1) is 7.58. The Labute approximate surface area is 92.3 Å². The van der Waals surface area contributed by atoms with Gasteiger partial charge in [0, 0.05) is 6.07 Å². The Hall–Kier alpha value is -2.09. The molecule has 1 rings (SSSR count). The maximum absolute atomic E-state index is 12.7. The van der Waals surface area contributed by atoms with Crippen LogP contribution in [-0.4, -0.2) is 17.1 Å². The lowest BCUT2D eigenvalue weighted by Gasteiger charge is -2.09. The SMILES string of the molecule is CCC(C#N)NC(=O)c1ccc(F)cc1O. The topological polar surface area (TPSA) is 73.1 Å². The molecule has 1 aromatic carbocycles. The van der Waals surface area contributed by atoms with E-state index in [4.69, 9.17) is 5.26 Å². The number of hydrogen-bond acceptors (Lipinski definition) is 3. The molecule has 1 aromatic rings. The van der Waals surface area contributed by atoms with Crippen molar-refractivity contribution in [2.45, 2.75) is 19.4 Å². The lowest BCUT2D eigenvalue weighted by atomic mass is 10.1. The number of carbonyl (C=O) groups excluding carboxylic acids is 1. The summed E-state index contributed by atoms with van der Waals surface area (Å²) in [6.07, 6.45) is 0.462. The van der Waals surface area contributed by atoms with Crippen molar-refractivity contribution in [1.29, 1.82) is 5.26 Å². The number of halogens is 1. The van der Waals surface area contributed by atoms with Crippen LogP contribution in [0.15, 0.2) is 18.2 Å². The highest BCUT2D eigenvalue weighted by Crippen LogP contribution is 2.17. The molecule has 0 fully saturated rings. The van der Waals surface area contributed by atoms with Gasteiger partial charge in [0.15, 0.2) is 0 Å². The van der Waals surface area contributed by atoms with Crippen LogP contribution in [0, 0.1) is 17.1 Å². The van der Waals surface area contributed by atoms with Gasteiger partial charge in [0.05, 0.1) is 11.6 Å². The minimum atomic E-state index is -0.624. The quantitative estimate of drug-likeness (QED) is 0.815. The number of nitriles is 1. The Balaban J connectivity index is 2.85. The molecule has 0 saturated heterocycles. The second kappa shape index (κ2) is 5.12. The van der Waals surface area contributed by atoms with Crippen LogP contribution in [0.5, 0.6) is 5.75 Å². The molecule has 1 unspecified atom stereocenters. The summed E-state index contributed by atoms with van der Waals surface area (Å²) in [7, 11) is 0. The largest absolute Gasteiger partial charge is 0.507 e. The van der Waals surface area contributed by atoms with Gasteiger partial charge >= 0.3 is 0 Å². The molecule has 0 aliphatic carbocycles. The highest BCUT2D eigenvalue weighted by Gasteiger charge is 2.15. The van der Waals surface area contributed by atoms with Crippen molar-refractivity contribution in [3.8, 4) is 11.8 Å². The number of aromatic hydroxyl groups is 1. The van der Waals surface area contributed by atoms with Gasteiger partial charge in [-0.05, 0) is 18.6 Å². The second-order valence-corrected chi connectivity index (χ2v) is 3.22. The fraction of sp³-hybridized carbons (Fsp3) is 0.273. The molecule has 16 heavy (non-hydrogen) atoms. The molecule has 2 N–H and O–H groups in total. The Bertz CT molecular complexity index is 440. The van der Waals surface area contributed by atoms with Gasteiger partial charge in [-0.2, -0.15) is 5.26 Å². The summed E-state index contributed by atoms with van der Waals surface area (Å²) >= 11 is 0. The maximum atomic E-state index is 12.7.